The summed E-state index contributed by atoms with van der Waals surface area (Å²) in [4.78, 5) is 38.4. The van der Waals surface area contributed by atoms with Crippen LogP contribution in [0.5, 0.6) is 0 Å². The summed E-state index contributed by atoms with van der Waals surface area (Å²) in [7, 11) is 0. The van der Waals surface area contributed by atoms with Gasteiger partial charge in [0.1, 0.15) is 13.2 Å². The molecule has 0 aromatic carbocycles. The van der Waals surface area contributed by atoms with Crippen molar-refractivity contribution in [2.24, 2.45) is 0 Å². The smallest absolute Gasteiger partial charge is 0.306 e. The molecule has 0 bridgehead atoms. The SMILES string of the molecule is CC/C=C\C/C=C\C/C=C\C/C=C\C/C=C\CCCCCC(=O)OC(COC(=O)CCCCCCCCCCC/C=C\CCCCCCCC)COC(=O)CCCCCCCCCCCCCCCCCCCCCC. The van der Waals surface area contributed by atoms with Crippen LogP contribution in [0.1, 0.15) is 335 Å². The van der Waals surface area contributed by atoms with Crippen molar-refractivity contribution in [3.8, 4) is 0 Å². The number of allylic oxidation sites excluding steroid dienone is 12. The van der Waals surface area contributed by atoms with Crippen LogP contribution in [0.3, 0.4) is 0 Å². The summed E-state index contributed by atoms with van der Waals surface area (Å²) in [6.45, 7) is 6.55. The number of hydrogen-bond donors (Lipinski definition) is 0. The summed E-state index contributed by atoms with van der Waals surface area (Å²) < 4.78 is 16.9. The standard InChI is InChI=1S/C70H124O6/c1-4-7-10-13-16-19-22-25-28-31-34-37-39-42-45-48-51-54-57-60-63-69(72)75-66-67(76-70(73)64-61-58-55-52-49-46-43-40-36-33-30-27-24-21-18-15-12-9-6-3)65-74-68(71)62-59-56-53-50-47-44-41-38-35-32-29-26-23-20-17-14-11-8-5-2/h9,12,18,21,26-27,29-30,36,40,46,49,67H,4-8,10-11,13-17,19-20,22-25,28,31-35,37-39,41-45,47-48,50-66H2,1-3H3/b12-9-,21-18-,29-26-,30-27-,40-36-,49-46-. The lowest BCUT2D eigenvalue weighted by Gasteiger charge is -2.18. The first-order chi connectivity index (χ1) is 37.5. The summed E-state index contributed by atoms with van der Waals surface area (Å²) >= 11 is 0. The Morgan fingerprint density at radius 1 is 0.276 bits per heavy atom. The van der Waals surface area contributed by atoms with E-state index in [1.165, 1.54) is 199 Å². The first-order valence-electron chi connectivity index (χ1n) is 32.9. The number of carbonyl (C=O) groups is 3. The predicted octanol–water partition coefficient (Wildman–Crippen LogP) is 22.5. The topological polar surface area (TPSA) is 78.9 Å². The second-order valence-electron chi connectivity index (χ2n) is 22.0. The molecule has 0 radical (unpaired) electrons. The van der Waals surface area contributed by atoms with Crippen molar-refractivity contribution in [2.45, 2.75) is 341 Å². The highest BCUT2D eigenvalue weighted by Crippen LogP contribution is 2.17. The fourth-order valence-electron chi connectivity index (χ4n) is 9.53. The molecule has 0 saturated heterocycles. The maximum Gasteiger partial charge on any atom is 0.306 e. The second-order valence-corrected chi connectivity index (χ2v) is 22.0. The van der Waals surface area contributed by atoms with Crippen LogP contribution in [-0.2, 0) is 28.6 Å². The van der Waals surface area contributed by atoms with Gasteiger partial charge >= 0.3 is 17.9 Å². The maximum atomic E-state index is 12.9. The molecule has 0 aromatic rings. The minimum absolute atomic E-state index is 0.0862. The number of esters is 3. The van der Waals surface area contributed by atoms with E-state index in [0.717, 1.165) is 96.3 Å². The third kappa shape index (κ3) is 61.7. The molecule has 0 aliphatic carbocycles. The molecule has 0 aliphatic rings. The zero-order valence-electron chi connectivity index (χ0n) is 50.5. The molecule has 0 saturated carbocycles. The minimum atomic E-state index is -0.794. The van der Waals surface area contributed by atoms with Gasteiger partial charge in [0.05, 0.1) is 0 Å². The van der Waals surface area contributed by atoms with Crippen LogP contribution in [0.25, 0.3) is 0 Å². The molecule has 0 N–H and O–H groups in total. The van der Waals surface area contributed by atoms with Gasteiger partial charge in [-0.05, 0) is 89.9 Å². The molecule has 0 spiro atoms. The molecular weight excluding hydrogens is 937 g/mol. The van der Waals surface area contributed by atoms with Crippen molar-refractivity contribution in [1.29, 1.82) is 0 Å². The molecule has 1 atom stereocenters. The van der Waals surface area contributed by atoms with E-state index in [1.54, 1.807) is 0 Å². The number of unbranched alkanes of at least 4 members (excludes halogenated alkanes) is 37. The molecule has 0 fully saturated rings. The Kier molecular flexibility index (Phi) is 61.7. The van der Waals surface area contributed by atoms with Gasteiger partial charge in [-0.1, -0.05) is 299 Å². The number of carbonyl (C=O) groups excluding carboxylic acids is 3. The van der Waals surface area contributed by atoms with Crippen molar-refractivity contribution in [2.75, 3.05) is 13.2 Å². The van der Waals surface area contributed by atoms with E-state index in [4.69, 9.17) is 14.2 Å². The van der Waals surface area contributed by atoms with Crippen molar-refractivity contribution < 1.29 is 28.6 Å². The molecule has 0 amide bonds. The predicted molar refractivity (Wildman–Crippen MR) is 330 cm³/mol. The normalized spacial score (nSPS) is 12.5. The van der Waals surface area contributed by atoms with Crippen LogP contribution in [0.4, 0.5) is 0 Å². The molecule has 0 aromatic heterocycles. The van der Waals surface area contributed by atoms with Crippen molar-refractivity contribution in [1.82, 2.24) is 0 Å². The molecule has 6 heteroatoms. The Morgan fingerprint density at radius 3 is 0.829 bits per heavy atom. The monoisotopic (exact) mass is 1060 g/mol. The Bertz CT molecular complexity index is 1400. The summed E-state index contributed by atoms with van der Waals surface area (Å²) in [6.07, 6.45) is 83.4. The van der Waals surface area contributed by atoms with Crippen LogP contribution in [-0.4, -0.2) is 37.2 Å². The van der Waals surface area contributed by atoms with Gasteiger partial charge in [0.15, 0.2) is 6.10 Å². The highest BCUT2D eigenvalue weighted by Gasteiger charge is 2.19. The third-order valence-corrected chi connectivity index (χ3v) is 14.4. The first kappa shape index (κ1) is 72.8. The summed E-state index contributed by atoms with van der Waals surface area (Å²) in [6, 6.07) is 0. The van der Waals surface area contributed by atoms with Gasteiger partial charge in [-0.2, -0.15) is 0 Å². The molecule has 0 aliphatic heterocycles. The average molecular weight is 1060 g/mol. The molecule has 1 unspecified atom stereocenters. The lowest BCUT2D eigenvalue weighted by molar-refractivity contribution is -0.167. The van der Waals surface area contributed by atoms with Gasteiger partial charge in [-0.3, -0.25) is 14.4 Å². The Hall–Kier alpha value is -3.15. The quantitative estimate of drug-likeness (QED) is 0.0261. The zero-order chi connectivity index (χ0) is 55.0. The van der Waals surface area contributed by atoms with Crippen molar-refractivity contribution in [3.05, 3.63) is 72.9 Å². The molecule has 440 valence electrons. The number of ether oxygens (including phenoxy) is 3. The average Bonchev–Trinajstić information content (AvgIpc) is 3.42. The van der Waals surface area contributed by atoms with Crippen LogP contribution in [0.2, 0.25) is 0 Å². The molecule has 6 nitrogen and oxygen atoms in total. The van der Waals surface area contributed by atoms with E-state index < -0.39 is 6.10 Å². The molecule has 0 heterocycles. The Morgan fingerprint density at radius 2 is 0.513 bits per heavy atom. The van der Waals surface area contributed by atoms with Gasteiger partial charge in [0.25, 0.3) is 0 Å². The van der Waals surface area contributed by atoms with Crippen molar-refractivity contribution >= 4 is 17.9 Å². The summed E-state index contributed by atoms with van der Waals surface area (Å²) in [5.41, 5.74) is 0. The second kappa shape index (κ2) is 64.4. The fraction of sp³-hybridized carbons (Fsp3) is 0.786. The lowest BCUT2D eigenvalue weighted by atomic mass is 10.0. The van der Waals surface area contributed by atoms with E-state index in [0.29, 0.717) is 19.3 Å². The van der Waals surface area contributed by atoms with Crippen LogP contribution in [0, 0.1) is 0 Å². The Labute approximate surface area is 472 Å². The van der Waals surface area contributed by atoms with Crippen molar-refractivity contribution in [3.63, 3.8) is 0 Å². The molecule has 0 rings (SSSR count). The van der Waals surface area contributed by atoms with Gasteiger partial charge in [0, 0.05) is 19.3 Å². The van der Waals surface area contributed by atoms with E-state index in [1.807, 2.05) is 0 Å². The Balaban J connectivity index is 4.40. The lowest BCUT2D eigenvalue weighted by Crippen LogP contribution is -2.30. The summed E-state index contributed by atoms with van der Waals surface area (Å²) in [5, 5.41) is 0. The number of hydrogen-bond acceptors (Lipinski definition) is 6. The third-order valence-electron chi connectivity index (χ3n) is 14.4. The minimum Gasteiger partial charge on any atom is -0.462 e. The van der Waals surface area contributed by atoms with E-state index >= 15 is 0 Å². The maximum absolute atomic E-state index is 12.9. The summed E-state index contributed by atoms with van der Waals surface area (Å²) in [5.74, 6) is -0.902. The van der Waals surface area contributed by atoms with Gasteiger partial charge in [-0.25, -0.2) is 0 Å². The molecular formula is C70H124O6. The fourth-order valence-corrected chi connectivity index (χ4v) is 9.53. The highest BCUT2D eigenvalue weighted by molar-refractivity contribution is 5.71. The largest absolute Gasteiger partial charge is 0.462 e. The van der Waals surface area contributed by atoms with E-state index in [9.17, 15) is 14.4 Å². The highest BCUT2D eigenvalue weighted by atomic mass is 16.6. The zero-order valence-corrected chi connectivity index (χ0v) is 50.5. The van der Waals surface area contributed by atoms with E-state index in [-0.39, 0.29) is 31.1 Å². The van der Waals surface area contributed by atoms with Gasteiger partial charge < -0.3 is 14.2 Å². The molecule has 76 heavy (non-hydrogen) atoms. The van der Waals surface area contributed by atoms with Crippen LogP contribution >= 0.6 is 0 Å². The van der Waals surface area contributed by atoms with E-state index in [2.05, 4.69) is 93.7 Å². The number of rotatable bonds is 60. The van der Waals surface area contributed by atoms with Gasteiger partial charge in [-0.15, -0.1) is 0 Å². The van der Waals surface area contributed by atoms with Gasteiger partial charge in [0.2, 0.25) is 0 Å². The first-order valence-corrected chi connectivity index (χ1v) is 32.9. The van der Waals surface area contributed by atoms with Crippen LogP contribution in [0.15, 0.2) is 72.9 Å². The van der Waals surface area contributed by atoms with Crippen LogP contribution < -0.4 is 0 Å².